The van der Waals surface area contributed by atoms with Gasteiger partial charge in [0.25, 0.3) is 0 Å². The third-order valence-corrected chi connectivity index (χ3v) is 7.30. The minimum Gasteiger partial charge on any atom is -0.351 e. The molecule has 4 N–H and O–H groups in total. The van der Waals surface area contributed by atoms with Crippen LogP contribution in [0.2, 0.25) is 0 Å². The van der Waals surface area contributed by atoms with Gasteiger partial charge in [0, 0.05) is 34.1 Å². The van der Waals surface area contributed by atoms with Crippen LogP contribution >= 0.6 is 15.9 Å². The Morgan fingerprint density at radius 3 is 2.78 bits per heavy atom. The van der Waals surface area contributed by atoms with Gasteiger partial charge in [0.2, 0.25) is 5.82 Å². The maximum absolute atomic E-state index is 13.4. The monoisotopic (exact) mass is 548 g/mol. The highest BCUT2D eigenvalue weighted by molar-refractivity contribution is 9.10. The summed E-state index contributed by atoms with van der Waals surface area (Å²) in [7, 11) is 0. The fourth-order valence-electron chi connectivity index (χ4n) is 5.16. The number of nitrogens with zero attached hydrogens (tertiary/aromatic N) is 5. The van der Waals surface area contributed by atoms with Crippen LogP contribution < -0.4 is 11.1 Å². The molecule has 4 aromatic rings. The van der Waals surface area contributed by atoms with E-state index >= 15 is 0 Å². The van der Waals surface area contributed by atoms with E-state index in [9.17, 15) is 14.4 Å². The van der Waals surface area contributed by atoms with E-state index in [1.807, 2.05) is 30.3 Å². The molecule has 182 valence electrons. The van der Waals surface area contributed by atoms with Gasteiger partial charge in [0.15, 0.2) is 5.78 Å². The van der Waals surface area contributed by atoms with E-state index in [-0.39, 0.29) is 24.3 Å². The van der Waals surface area contributed by atoms with Crippen molar-refractivity contribution >= 4 is 50.4 Å². The highest BCUT2D eigenvalue weighted by atomic mass is 79.9. The third kappa shape index (κ3) is 3.92. The molecule has 3 atom stereocenters. The molecule has 1 saturated heterocycles. The number of halogens is 1. The summed E-state index contributed by atoms with van der Waals surface area (Å²) in [5.74, 6) is 0.728. The molecule has 2 aliphatic rings. The number of piperidine rings is 1. The molecular weight excluding hydrogens is 528 g/mol. The summed E-state index contributed by atoms with van der Waals surface area (Å²) < 4.78 is 2.09. The second-order valence-electron chi connectivity index (χ2n) is 9.15. The maximum atomic E-state index is 13.4. The van der Waals surface area contributed by atoms with E-state index in [1.54, 1.807) is 17.0 Å². The van der Waals surface area contributed by atoms with Gasteiger partial charge in [0.05, 0.1) is 17.2 Å². The van der Waals surface area contributed by atoms with Crippen molar-refractivity contribution in [1.29, 1.82) is 0 Å². The predicted molar refractivity (Wildman–Crippen MR) is 134 cm³/mol. The van der Waals surface area contributed by atoms with Crippen LogP contribution in [0.4, 0.5) is 15.3 Å². The molecule has 2 aromatic carbocycles. The van der Waals surface area contributed by atoms with Gasteiger partial charge < -0.3 is 16.0 Å². The van der Waals surface area contributed by atoms with Crippen molar-refractivity contribution in [3.63, 3.8) is 0 Å². The Balaban J connectivity index is 1.23. The van der Waals surface area contributed by atoms with Crippen LogP contribution in [-0.2, 0) is 11.2 Å². The first-order valence-corrected chi connectivity index (χ1v) is 12.2. The Labute approximate surface area is 213 Å². The average molecular weight is 549 g/mol. The summed E-state index contributed by atoms with van der Waals surface area (Å²) in [5.41, 5.74) is 8.10. The molecule has 12 heteroatoms. The van der Waals surface area contributed by atoms with Crippen molar-refractivity contribution in [2.75, 3.05) is 5.32 Å². The van der Waals surface area contributed by atoms with Crippen LogP contribution in [0.15, 0.2) is 53.1 Å². The molecule has 6 rings (SSSR count). The van der Waals surface area contributed by atoms with Gasteiger partial charge >= 0.3 is 12.1 Å². The summed E-state index contributed by atoms with van der Waals surface area (Å²) in [5, 5.41) is 17.6. The van der Waals surface area contributed by atoms with Crippen LogP contribution in [-0.4, -0.2) is 60.0 Å². The Kier molecular flexibility index (Phi) is 5.32. The van der Waals surface area contributed by atoms with E-state index < -0.39 is 12.1 Å². The van der Waals surface area contributed by atoms with Gasteiger partial charge in [-0.2, -0.15) is 5.21 Å². The number of urea groups is 1. The number of tetrazole rings is 1. The molecule has 1 saturated carbocycles. The highest BCUT2D eigenvalue weighted by Gasteiger charge is 2.55. The van der Waals surface area contributed by atoms with Crippen molar-refractivity contribution in [2.24, 2.45) is 11.7 Å². The lowest BCUT2D eigenvalue weighted by Gasteiger charge is -2.27. The number of hydrogen-bond donors (Lipinski definition) is 3. The van der Waals surface area contributed by atoms with E-state index in [4.69, 9.17) is 5.73 Å². The van der Waals surface area contributed by atoms with Gasteiger partial charge in [-0.1, -0.05) is 34.1 Å². The number of Topliss-reactive ketones (excluding diaryl/α,β-unsaturated/α-hetero) is 1. The lowest BCUT2D eigenvalue weighted by atomic mass is 9.99. The van der Waals surface area contributed by atoms with Crippen LogP contribution in [0.5, 0.6) is 0 Å². The van der Waals surface area contributed by atoms with Gasteiger partial charge in [-0.05, 0) is 53.8 Å². The zero-order chi connectivity index (χ0) is 25.0. The van der Waals surface area contributed by atoms with Crippen molar-refractivity contribution in [2.45, 2.75) is 31.3 Å². The number of primary amides is 1. The molecule has 3 heterocycles. The van der Waals surface area contributed by atoms with E-state index in [2.05, 4.69) is 41.9 Å². The van der Waals surface area contributed by atoms with Crippen LogP contribution in [0, 0.1) is 5.92 Å². The fourth-order valence-corrected chi connectivity index (χ4v) is 5.70. The molecule has 2 fully saturated rings. The molecule has 0 spiro atoms. The Bertz CT molecular complexity index is 1520. The van der Waals surface area contributed by atoms with Crippen molar-refractivity contribution in [3.8, 4) is 11.4 Å². The molecule has 1 aliphatic carbocycles. The highest BCUT2D eigenvalue weighted by Crippen LogP contribution is 2.48. The van der Waals surface area contributed by atoms with Crippen molar-refractivity contribution in [1.82, 2.24) is 30.1 Å². The molecule has 1 aliphatic heterocycles. The number of anilines is 1. The summed E-state index contributed by atoms with van der Waals surface area (Å²) in [6.07, 6.45) is 3.22. The first-order valence-electron chi connectivity index (χ1n) is 11.4. The van der Waals surface area contributed by atoms with Gasteiger partial charge in [-0.3, -0.25) is 9.36 Å². The minimum atomic E-state index is -0.641. The van der Waals surface area contributed by atoms with Crippen LogP contribution in [0.3, 0.4) is 0 Å². The largest absolute Gasteiger partial charge is 0.351 e. The number of likely N-dealkylation sites (tertiary alicyclic amines) is 1. The number of carbonyl (C=O) groups is 3. The first-order chi connectivity index (χ1) is 17.4. The Morgan fingerprint density at radius 1 is 1.17 bits per heavy atom. The summed E-state index contributed by atoms with van der Waals surface area (Å²) in [6.45, 7) is 0. The average Bonchev–Trinajstić information content (AvgIpc) is 3.23. The lowest BCUT2D eigenvalue weighted by Crippen LogP contribution is -2.45. The number of nitrogens with one attached hydrogen (secondary N) is 2. The van der Waals surface area contributed by atoms with Crippen LogP contribution in [0.25, 0.3) is 22.3 Å². The first kappa shape index (κ1) is 22.4. The third-order valence-electron chi connectivity index (χ3n) is 6.84. The number of para-hydroxylation sites is 1. The number of H-pyrrole nitrogens is 1. The number of ketones is 1. The molecule has 3 amide bonds. The number of benzene rings is 2. The lowest BCUT2D eigenvalue weighted by molar-refractivity contribution is -0.122. The summed E-state index contributed by atoms with van der Waals surface area (Å²) >= 11 is 3.49. The normalized spacial score (nSPS) is 20.4. The number of rotatable bonds is 5. The van der Waals surface area contributed by atoms with E-state index in [0.29, 0.717) is 34.8 Å². The number of aromatic nitrogens is 5. The van der Waals surface area contributed by atoms with Crippen molar-refractivity contribution < 1.29 is 14.4 Å². The number of hydrogen-bond acceptors (Lipinski definition) is 6. The molecule has 0 bridgehead atoms. The van der Waals surface area contributed by atoms with Crippen molar-refractivity contribution in [3.05, 3.63) is 58.7 Å². The molecule has 0 radical (unpaired) electrons. The van der Waals surface area contributed by atoms with Gasteiger partial charge in [0.1, 0.15) is 0 Å². The van der Waals surface area contributed by atoms with Gasteiger partial charge in [-0.25, -0.2) is 9.59 Å². The predicted octanol–water partition coefficient (Wildman–Crippen LogP) is 3.32. The topological polar surface area (TPSA) is 152 Å². The molecule has 11 nitrogen and oxygen atoms in total. The zero-order valence-electron chi connectivity index (χ0n) is 18.9. The minimum absolute atomic E-state index is 0.0333. The molecule has 0 unspecified atom stereocenters. The van der Waals surface area contributed by atoms with Gasteiger partial charge in [-0.15, -0.1) is 10.2 Å². The number of nitrogens with two attached hydrogens (primary N) is 1. The SMILES string of the molecule is NC(=O)n1cc(NC(=O)N2[C@@H]3C[C@@H]3C[C@H]2C(=O)Cc2cc(Br)cc(-c3nn[nH]n3)c2)c2ccccc21. The number of fused-ring (bicyclic) bond motifs is 2. The second kappa shape index (κ2) is 8.55. The smallest absolute Gasteiger partial charge is 0.323 e. The quantitative estimate of drug-likeness (QED) is 0.347. The molecular formula is C24H21BrN8O3. The zero-order valence-corrected chi connectivity index (χ0v) is 20.5. The molecule has 2 aromatic heterocycles. The number of carbonyl (C=O) groups excluding carboxylic acids is 3. The summed E-state index contributed by atoms with van der Waals surface area (Å²) in [6, 6.07) is 11.3. The second-order valence-corrected chi connectivity index (χ2v) is 10.1. The standard InChI is InChI=1S/C24H21BrN8O3/c25-15-6-12(5-14(8-15)22-28-30-31-29-22)7-21(34)20-10-13-9-19(13)33(20)24(36)27-17-11-32(23(26)35)18-4-2-1-3-16(17)18/h1-6,8,11,13,19-20H,7,9-10H2,(H2,26,35)(H,27,36)(H,28,29,30,31)/t13-,19-,20+/m1/s1. The molecule has 36 heavy (non-hydrogen) atoms. The van der Waals surface area contributed by atoms with E-state index in [1.165, 1.54) is 10.8 Å². The Morgan fingerprint density at radius 2 is 2.00 bits per heavy atom. The number of aromatic amines is 1. The van der Waals surface area contributed by atoms with E-state index in [0.717, 1.165) is 22.0 Å². The van der Waals surface area contributed by atoms with Crippen LogP contribution in [0.1, 0.15) is 18.4 Å². The maximum Gasteiger partial charge on any atom is 0.323 e. The fraction of sp³-hybridized carbons (Fsp3) is 0.250. The Hall–Kier alpha value is -4.06. The summed E-state index contributed by atoms with van der Waals surface area (Å²) in [4.78, 5) is 40.4. The number of amides is 3.